The molecule has 0 saturated heterocycles. The van der Waals surface area contributed by atoms with Gasteiger partial charge >= 0.3 is 0 Å². The van der Waals surface area contributed by atoms with Crippen LogP contribution in [0.15, 0.2) is 267 Å². The zero-order valence-corrected chi connectivity index (χ0v) is 39.8. The number of hydrogen-bond donors (Lipinski definition) is 0. The number of benzene rings is 11. The van der Waals surface area contributed by atoms with Gasteiger partial charge in [-0.2, -0.15) is 0 Å². The number of nitrogens with zero attached hydrogens (tertiary/aromatic N) is 1. The molecule has 2 nitrogen and oxygen atoms in total. The Hall–Kier alpha value is -8.98. The number of ether oxygens (including phenoxy) is 1. The fourth-order valence-corrected chi connectivity index (χ4v) is 12.4. The van der Waals surface area contributed by atoms with Gasteiger partial charge in [0.1, 0.15) is 11.5 Å². The highest BCUT2D eigenvalue weighted by Gasteiger charge is 2.51. The van der Waals surface area contributed by atoms with Crippen molar-refractivity contribution in [1.29, 1.82) is 0 Å². The summed E-state index contributed by atoms with van der Waals surface area (Å²) in [5.74, 6) is 2.04. The van der Waals surface area contributed by atoms with E-state index in [1.165, 1.54) is 94.6 Å². The quantitative estimate of drug-likeness (QED) is 0.158. The maximum absolute atomic E-state index is 6.69. The van der Waals surface area contributed by atoms with Crippen molar-refractivity contribution in [1.82, 2.24) is 0 Å². The van der Waals surface area contributed by atoms with Crippen molar-refractivity contribution in [2.24, 2.45) is 0 Å². The van der Waals surface area contributed by atoms with Crippen LogP contribution in [0.1, 0.15) is 51.3 Å². The molecule has 0 fully saturated rings. The first-order chi connectivity index (χ1) is 35.7. The molecule has 14 rings (SSSR count). The summed E-state index contributed by atoms with van der Waals surface area (Å²) < 4.78 is 6.69. The minimum atomic E-state index is -0.539. The highest BCUT2D eigenvalue weighted by molar-refractivity contribution is 5.93. The number of para-hydroxylation sites is 3. The van der Waals surface area contributed by atoms with Crippen LogP contribution in [0, 0.1) is 0 Å². The number of aryl methyl sites for hydroxylation is 1. The second-order valence-electron chi connectivity index (χ2n) is 19.4. The van der Waals surface area contributed by atoms with Gasteiger partial charge in [-0.25, -0.2) is 0 Å². The van der Waals surface area contributed by atoms with Crippen molar-refractivity contribution < 1.29 is 4.74 Å². The van der Waals surface area contributed by atoms with E-state index in [-0.39, 0.29) is 5.92 Å². The molecule has 11 aromatic carbocycles. The molecule has 1 heterocycles. The molecule has 0 saturated carbocycles. The summed E-state index contributed by atoms with van der Waals surface area (Å²) in [6, 6.07) is 98.5. The average Bonchev–Trinajstić information content (AvgIpc) is 3.63. The molecule has 1 unspecified atom stereocenters. The highest BCUT2D eigenvalue weighted by Crippen LogP contribution is 2.62. The summed E-state index contributed by atoms with van der Waals surface area (Å²) in [7, 11) is 0. The molecule has 1 aliphatic heterocycles. The van der Waals surface area contributed by atoms with Gasteiger partial charge < -0.3 is 9.64 Å². The van der Waals surface area contributed by atoms with Gasteiger partial charge in [-0.15, -0.1) is 0 Å². The van der Waals surface area contributed by atoms with E-state index in [1.807, 2.05) is 0 Å². The third kappa shape index (κ3) is 6.71. The average molecular weight is 920 g/mol. The van der Waals surface area contributed by atoms with Crippen molar-refractivity contribution in [2.45, 2.75) is 24.2 Å². The Kier molecular flexibility index (Phi) is 9.99. The van der Waals surface area contributed by atoms with Crippen molar-refractivity contribution in [3.8, 4) is 67.1 Å². The molecule has 2 heteroatoms. The summed E-state index contributed by atoms with van der Waals surface area (Å²) in [5.41, 5.74) is 24.1. The predicted molar refractivity (Wildman–Crippen MR) is 297 cm³/mol. The van der Waals surface area contributed by atoms with Crippen LogP contribution in [0.4, 0.5) is 17.1 Å². The monoisotopic (exact) mass is 919 g/mol. The van der Waals surface area contributed by atoms with E-state index in [2.05, 4.69) is 272 Å². The van der Waals surface area contributed by atoms with E-state index in [4.69, 9.17) is 4.74 Å². The molecule has 1 spiro atoms. The van der Waals surface area contributed by atoms with Crippen LogP contribution in [0.25, 0.3) is 55.6 Å². The molecule has 2 aliphatic carbocycles. The molecular weight excluding hydrogens is 871 g/mol. The Morgan fingerprint density at radius 3 is 1.62 bits per heavy atom. The summed E-state index contributed by atoms with van der Waals surface area (Å²) in [6.07, 6.45) is 1.99. The molecule has 1 atom stereocenters. The summed E-state index contributed by atoms with van der Waals surface area (Å²) >= 11 is 0. The van der Waals surface area contributed by atoms with E-state index in [9.17, 15) is 0 Å². The van der Waals surface area contributed by atoms with Crippen LogP contribution in [0.3, 0.4) is 0 Å². The van der Waals surface area contributed by atoms with Crippen LogP contribution in [-0.2, 0) is 11.8 Å². The summed E-state index contributed by atoms with van der Waals surface area (Å²) in [6.45, 7) is 0. The van der Waals surface area contributed by atoms with E-state index in [0.29, 0.717) is 0 Å². The van der Waals surface area contributed by atoms with E-state index in [1.54, 1.807) is 0 Å². The van der Waals surface area contributed by atoms with E-state index in [0.717, 1.165) is 41.4 Å². The zero-order valence-electron chi connectivity index (χ0n) is 39.8. The molecule has 0 radical (unpaired) electrons. The topological polar surface area (TPSA) is 12.5 Å². The van der Waals surface area contributed by atoms with Gasteiger partial charge in [0.15, 0.2) is 0 Å². The number of hydrogen-bond acceptors (Lipinski definition) is 2. The smallest absolute Gasteiger partial charge is 0.132 e. The van der Waals surface area contributed by atoms with Crippen molar-refractivity contribution in [2.75, 3.05) is 4.90 Å². The Morgan fingerprint density at radius 1 is 0.347 bits per heavy atom. The molecule has 340 valence electrons. The van der Waals surface area contributed by atoms with Gasteiger partial charge in [0.25, 0.3) is 0 Å². The van der Waals surface area contributed by atoms with Gasteiger partial charge in [0.2, 0.25) is 0 Å². The first kappa shape index (κ1) is 41.9. The van der Waals surface area contributed by atoms with Crippen molar-refractivity contribution in [3.05, 3.63) is 306 Å². The fraction of sp³-hybridized carbons (Fsp3) is 0.0571. The van der Waals surface area contributed by atoms with Crippen LogP contribution < -0.4 is 9.64 Å². The lowest BCUT2D eigenvalue weighted by Gasteiger charge is -2.39. The van der Waals surface area contributed by atoms with E-state index >= 15 is 0 Å². The zero-order chi connectivity index (χ0) is 47.6. The number of fused-ring (bicyclic) bond motifs is 12. The summed E-state index contributed by atoms with van der Waals surface area (Å²) in [4.78, 5) is 2.46. The summed E-state index contributed by atoms with van der Waals surface area (Å²) in [5, 5.41) is 0. The minimum absolute atomic E-state index is 0.230. The standard InChI is InChI=1S/C70H49NO/c1-4-18-47(19-5-1)48-34-38-54(39-35-48)71(67-29-15-11-24-57(67)50-22-8-3-9-23-50)55-40-43-58-56(49-20-6-2-7-21-49)41-36-51-32-33-52(44-61(51)62(58)46-55)53-37-42-60-59-25-10-12-26-63(59)70(66(60)45-53)64-27-13-16-30-68(64)72-69-31-17-14-28-65(69)70/h1-35,37-40,42-46,56H,36,41H2. The molecule has 3 aliphatic rings. The Balaban J connectivity index is 0.965. The normalized spacial score (nSPS) is 14.4. The number of anilines is 3. The predicted octanol–water partition coefficient (Wildman–Crippen LogP) is 18.4. The second kappa shape index (κ2) is 17.2. The maximum Gasteiger partial charge on any atom is 0.132 e. The third-order valence-corrected chi connectivity index (χ3v) is 15.6. The Morgan fingerprint density at radius 2 is 0.889 bits per heavy atom. The fourth-order valence-electron chi connectivity index (χ4n) is 12.4. The van der Waals surface area contributed by atoms with Gasteiger partial charge in [-0.05, 0) is 145 Å². The number of rotatable bonds is 7. The lowest BCUT2D eigenvalue weighted by atomic mass is 9.66. The minimum Gasteiger partial charge on any atom is -0.457 e. The molecule has 0 amide bonds. The molecule has 0 bridgehead atoms. The third-order valence-electron chi connectivity index (χ3n) is 15.6. The maximum atomic E-state index is 6.69. The largest absolute Gasteiger partial charge is 0.457 e. The van der Waals surface area contributed by atoms with Crippen LogP contribution in [0.2, 0.25) is 0 Å². The Bertz CT molecular complexity index is 3790. The molecule has 0 aromatic heterocycles. The van der Waals surface area contributed by atoms with Crippen LogP contribution in [0.5, 0.6) is 11.5 Å². The lowest BCUT2D eigenvalue weighted by Crippen LogP contribution is -2.32. The SMILES string of the molecule is c1ccc(-c2ccc(N(c3ccc4c(c3)-c3cc(-c5ccc6c(c5)C5(c7ccccc7Oc7ccccc75)c5ccccc5-6)ccc3CCC4c3ccccc3)c3ccccc3-c3ccccc3)cc2)cc1. The van der Waals surface area contributed by atoms with Gasteiger partial charge in [-0.1, -0.05) is 212 Å². The first-order valence-electron chi connectivity index (χ1n) is 25.2. The van der Waals surface area contributed by atoms with Crippen molar-refractivity contribution >= 4 is 17.1 Å². The molecule has 0 N–H and O–H groups in total. The molecular formula is C70H49NO. The lowest BCUT2D eigenvalue weighted by molar-refractivity contribution is 0.436. The van der Waals surface area contributed by atoms with Crippen LogP contribution >= 0.6 is 0 Å². The Labute approximate surface area is 421 Å². The first-order valence-corrected chi connectivity index (χ1v) is 25.2. The van der Waals surface area contributed by atoms with Gasteiger partial charge in [0.05, 0.1) is 11.1 Å². The van der Waals surface area contributed by atoms with Crippen molar-refractivity contribution in [3.63, 3.8) is 0 Å². The highest BCUT2D eigenvalue weighted by atomic mass is 16.5. The van der Waals surface area contributed by atoms with Gasteiger partial charge in [0, 0.05) is 34.0 Å². The molecule has 72 heavy (non-hydrogen) atoms. The molecule has 11 aromatic rings. The van der Waals surface area contributed by atoms with Gasteiger partial charge in [-0.3, -0.25) is 0 Å². The van der Waals surface area contributed by atoms with E-state index < -0.39 is 5.41 Å². The second-order valence-corrected chi connectivity index (χ2v) is 19.4. The van der Waals surface area contributed by atoms with Crippen LogP contribution in [-0.4, -0.2) is 0 Å².